The first-order chi connectivity index (χ1) is 13.5. The number of carbonyl (C=O) groups excluding carboxylic acids is 1. The van der Waals surface area contributed by atoms with Gasteiger partial charge in [-0.25, -0.2) is 4.39 Å². The van der Waals surface area contributed by atoms with Crippen LogP contribution in [0.4, 0.5) is 4.39 Å². The summed E-state index contributed by atoms with van der Waals surface area (Å²) in [5.74, 6) is 0.997. The molecule has 7 nitrogen and oxygen atoms in total. The molecule has 1 aromatic carbocycles. The lowest BCUT2D eigenvalue weighted by Crippen LogP contribution is -2.27. The van der Waals surface area contributed by atoms with Gasteiger partial charge in [-0.2, -0.15) is 10.1 Å². The van der Waals surface area contributed by atoms with Crippen LogP contribution < -0.4 is 0 Å². The highest BCUT2D eigenvalue weighted by Gasteiger charge is 2.11. The predicted molar refractivity (Wildman–Crippen MR) is 102 cm³/mol. The largest absolute Gasteiger partial charge is 0.346 e. The molecule has 3 rings (SSSR count). The average Bonchev–Trinajstić information content (AvgIpc) is 3.31. The Bertz CT molecular complexity index is 921. The van der Waals surface area contributed by atoms with Gasteiger partial charge in [0.2, 0.25) is 11.8 Å². The molecule has 2 heterocycles. The Balaban J connectivity index is 1.39. The van der Waals surface area contributed by atoms with Crippen LogP contribution >= 0.6 is 0 Å². The van der Waals surface area contributed by atoms with Gasteiger partial charge in [0.05, 0.1) is 5.69 Å². The Labute approximate surface area is 162 Å². The summed E-state index contributed by atoms with van der Waals surface area (Å²) in [6.45, 7) is 2.43. The average molecular weight is 385 g/mol. The molecule has 0 radical (unpaired) electrons. The van der Waals surface area contributed by atoms with Crippen LogP contribution in [-0.2, 0) is 17.6 Å². The van der Waals surface area contributed by atoms with Gasteiger partial charge in [-0.05, 0) is 44.4 Å². The van der Waals surface area contributed by atoms with Crippen molar-refractivity contribution in [3.63, 3.8) is 0 Å². The Morgan fingerprint density at radius 2 is 2.11 bits per heavy atom. The molecule has 1 N–H and O–H groups in total. The number of nitrogens with one attached hydrogen (secondary N) is 1. The highest BCUT2D eigenvalue weighted by atomic mass is 19.1. The first-order valence-electron chi connectivity index (χ1n) is 9.34. The summed E-state index contributed by atoms with van der Waals surface area (Å²) in [7, 11) is 1.81. The van der Waals surface area contributed by atoms with E-state index in [1.807, 2.05) is 19.2 Å². The minimum atomic E-state index is -0.281. The number of aryl methyl sites for hydroxylation is 3. The second-order valence-electron chi connectivity index (χ2n) is 6.80. The van der Waals surface area contributed by atoms with Crippen molar-refractivity contribution in [2.45, 2.75) is 39.0 Å². The summed E-state index contributed by atoms with van der Waals surface area (Å²) in [4.78, 5) is 18.1. The minimum Gasteiger partial charge on any atom is -0.346 e. The van der Waals surface area contributed by atoms with Gasteiger partial charge in [0, 0.05) is 37.7 Å². The zero-order chi connectivity index (χ0) is 19.9. The maximum atomic E-state index is 13.3. The number of carbonyl (C=O) groups is 1. The Hall–Kier alpha value is -3.03. The van der Waals surface area contributed by atoms with E-state index in [0.29, 0.717) is 37.5 Å². The van der Waals surface area contributed by atoms with Crippen molar-refractivity contribution < 1.29 is 13.7 Å². The van der Waals surface area contributed by atoms with Gasteiger partial charge in [-0.1, -0.05) is 17.3 Å². The molecule has 1 amide bonds. The van der Waals surface area contributed by atoms with Gasteiger partial charge < -0.3 is 9.42 Å². The number of H-pyrrole nitrogens is 1. The maximum Gasteiger partial charge on any atom is 0.226 e. The third kappa shape index (κ3) is 5.48. The zero-order valence-electron chi connectivity index (χ0n) is 16.1. The molecule has 0 saturated heterocycles. The van der Waals surface area contributed by atoms with Crippen LogP contribution in [0, 0.1) is 12.7 Å². The van der Waals surface area contributed by atoms with E-state index >= 15 is 0 Å². The maximum absolute atomic E-state index is 13.3. The molecule has 2 aromatic heterocycles. The predicted octanol–water partition coefficient (Wildman–Crippen LogP) is 3.32. The summed E-state index contributed by atoms with van der Waals surface area (Å²) in [6.07, 6.45) is 3.32. The number of amides is 1. The molecular formula is C20H24FN5O2. The molecule has 0 aliphatic heterocycles. The summed E-state index contributed by atoms with van der Waals surface area (Å²) < 4.78 is 18.4. The van der Waals surface area contributed by atoms with Gasteiger partial charge in [0.15, 0.2) is 5.82 Å². The zero-order valence-corrected chi connectivity index (χ0v) is 16.1. The lowest BCUT2D eigenvalue weighted by molar-refractivity contribution is -0.130. The van der Waals surface area contributed by atoms with Crippen LogP contribution in [0.1, 0.15) is 36.7 Å². The van der Waals surface area contributed by atoms with E-state index in [-0.39, 0.29) is 11.7 Å². The van der Waals surface area contributed by atoms with Crippen LogP contribution in [0.25, 0.3) is 11.3 Å². The fourth-order valence-electron chi connectivity index (χ4n) is 2.94. The van der Waals surface area contributed by atoms with E-state index in [2.05, 4.69) is 20.3 Å². The lowest BCUT2D eigenvalue weighted by Gasteiger charge is -2.16. The van der Waals surface area contributed by atoms with Crippen molar-refractivity contribution in [2.24, 2.45) is 0 Å². The topological polar surface area (TPSA) is 87.9 Å². The molecule has 0 aliphatic carbocycles. The van der Waals surface area contributed by atoms with Crippen molar-refractivity contribution in [1.82, 2.24) is 25.2 Å². The van der Waals surface area contributed by atoms with Crippen LogP contribution in [0.3, 0.4) is 0 Å². The number of aromatic nitrogens is 4. The van der Waals surface area contributed by atoms with Crippen molar-refractivity contribution >= 4 is 5.91 Å². The molecule has 0 fully saturated rings. The standard InChI is InChI=1S/C20H24FN5O2/c1-14-22-19(28-25-14)9-4-10-20(27)26(2)11-5-8-17-13-18(24-23-17)15-6-3-7-16(21)12-15/h3,6-7,12-13H,4-5,8-11H2,1-2H3,(H,23,24). The number of hydrogen-bond acceptors (Lipinski definition) is 5. The summed E-state index contributed by atoms with van der Waals surface area (Å²) in [5, 5.41) is 11.0. The number of benzene rings is 1. The number of nitrogens with zero attached hydrogens (tertiary/aromatic N) is 4. The molecule has 0 bridgehead atoms. The van der Waals surface area contributed by atoms with Gasteiger partial charge in [-0.15, -0.1) is 0 Å². The van der Waals surface area contributed by atoms with E-state index in [1.165, 1.54) is 12.1 Å². The minimum absolute atomic E-state index is 0.0984. The van der Waals surface area contributed by atoms with Crippen LogP contribution in [0.2, 0.25) is 0 Å². The number of halogens is 1. The smallest absolute Gasteiger partial charge is 0.226 e. The van der Waals surface area contributed by atoms with E-state index in [1.54, 1.807) is 17.9 Å². The van der Waals surface area contributed by atoms with E-state index in [9.17, 15) is 9.18 Å². The summed E-state index contributed by atoms with van der Waals surface area (Å²) in [5.41, 5.74) is 2.42. The van der Waals surface area contributed by atoms with Crippen LogP contribution in [-0.4, -0.2) is 44.7 Å². The Morgan fingerprint density at radius 1 is 1.25 bits per heavy atom. The first-order valence-corrected chi connectivity index (χ1v) is 9.34. The highest BCUT2D eigenvalue weighted by Crippen LogP contribution is 2.19. The molecule has 0 unspecified atom stereocenters. The quantitative estimate of drug-likeness (QED) is 0.610. The van der Waals surface area contributed by atoms with E-state index in [4.69, 9.17) is 4.52 Å². The first kappa shape index (κ1) is 19.7. The third-order valence-corrected chi connectivity index (χ3v) is 4.47. The van der Waals surface area contributed by atoms with Crippen molar-refractivity contribution in [2.75, 3.05) is 13.6 Å². The number of hydrogen-bond donors (Lipinski definition) is 1. The second-order valence-corrected chi connectivity index (χ2v) is 6.80. The van der Waals surface area contributed by atoms with Crippen molar-refractivity contribution in [1.29, 1.82) is 0 Å². The summed E-state index contributed by atoms with van der Waals surface area (Å²) >= 11 is 0. The molecule has 0 atom stereocenters. The molecule has 8 heteroatoms. The Kier molecular flexibility index (Phi) is 6.52. The van der Waals surface area contributed by atoms with Crippen LogP contribution in [0.5, 0.6) is 0 Å². The number of rotatable bonds is 9. The fourth-order valence-corrected chi connectivity index (χ4v) is 2.94. The second kappa shape index (κ2) is 9.25. The molecule has 0 aliphatic rings. The van der Waals surface area contributed by atoms with Crippen molar-refractivity contribution in [3.8, 4) is 11.3 Å². The monoisotopic (exact) mass is 385 g/mol. The molecule has 0 spiro atoms. The third-order valence-electron chi connectivity index (χ3n) is 4.47. The SMILES string of the molecule is Cc1noc(CCCC(=O)N(C)CCCc2cc(-c3cccc(F)c3)n[nH]2)n1. The lowest BCUT2D eigenvalue weighted by atomic mass is 10.1. The van der Waals surface area contributed by atoms with Gasteiger partial charge in [-0.3, -0.25) is 9.89 Å². The van der Waals surface area contributed by atoms with Gasteiger partial charge >= 0.3 is 0 Å². The highest BCUT2D eigenvalue weighted by molar-refractivity contribution is 5.75. The van der Waals surface area contributed by atoms with E-state index < -0.39 is 0 Å². The van der Waals surface area contributed by atoms with Crippen molar-refractivity contribution in [3.05, 3.63) is 53.6 Å². The summed E-state index contributed by atoms with van der Waals surface area (Å²) in [6, 6.07) is 8.28. The van der Waals surface area contributed by atoms with Gasteiger partial charge in [0.25, 0.3) is 0 Å². The molecular weight excluding hydrogens is 361 g/mol. The number of aromatic amines is 1. The van der Waals surface area contributed by atoms with Gasteiger partial charge in [0.1, 0.15) is 5.82 Å². The Morgan fingerprint density at radius 3 is 2.86 bits per heavy atom. The van der Waals surface area contributed by atoms with E-state index in [0.717, 1.165) is 29.8 Å². The molecule has 0 saturated carbocycles. The molecule has 28 heavy (non-hydrogen) atoms. The normalized spacial score (nSPS) is 11.0. The molecule has 3 aromatic rings. The molecule has 148 valence electrons. The fraction of sp³-hybridized carbons (Fsp3) is 0.400. The van der Waals surface area contributed by atoms with Crippen LogP contribution in [0.15, 0.2) is 34.9 Å².